The molecular weight excluding hydrogens is 545 g/mol. The number of hydrogen-bond acceptors (Lipinski definition) is 5. The minimum atomic E-state index is -4.17. The quantitative estimate of drug-likeness (QED) is 0.288. The van der Waals surface area contributed by atoms with Crippen LogP contribution < -0.4 is 14.4 Å². The number of benzene rings is 3. The number of nitrogens with zero attached hydrogens (tertiary/aromatic N) is 2. The summed E-state index contributed by atoms with van der Waals surface area (Å²) in [6.07, 6.45) is 0.297. The number of nitrogens with one attached hydrogen (secondary N) is 1. The highest BCUT2D eigenvalue weighted by molar-refractivity contribution is 7.92. The number of anilines is 1. The zero-order chi connectivity index (χ0) is 30.0. The molecule has 0 aliphatic rings. The molecule has 0 fully saturated rings. The first-order chi connectivity index (χ1) is 19.6. The van der Waals surface area contributed by atoms with Gasteiger partial charge < -0.3 is 15.0 Å². The molecule has 10 heteroatoms. The molecule has 41 heavy (non-hydrogen) atoms. The van der Waals surface area contributed by atoms with Crippen molar-refractivity contribution in [2.45, 2.75) is 51.6 Å². The van der Waals surface area contributed by atoms with Crippen molar-refractivity contribution in [3.63, 3.8) is 0 Å². The summed E-state index contributed by atoms with van der Waals surface area (Å²) in [6, 6.07) is 19.1. The lowest BCUT2D eigenvalue weighted by Gasteiger charge is -2.33. The number of carbonyl (C=O) groups excluding carboxylic acids is 2. The van der Waals surface area contributed by atoms with E-state index in [0.717, 1.165) is 4.31 Å². The standard InChI is InChI=1S/C31H38FN3O5S/c1-5-29(31(37)33-20-23(3)4)34(21-24-12-14-25(32)15-13-24)30(36)22-35(26-16-18-27(19-17-26)40-6-2)41(38,39)28-10-8-7-9-11-28/h7-19,23,29H,5-6,20-22H2,1-4H3,(H,33,37). The van der Waals surface area contributed by atoms with Crippen molar-refractivity contribution >= 4 is 27.5 Å². The largest absolute Gasteiger partial charge is 0.494 e. The fourth-order valence-electron chi connectivity index (χ4n) is 4.25. The molecule has 3 rings (SSSR count). The van der Waals surface area contributed by atoms with Gasteiger partial charge in [0.1, 0.15) is 24.2 Å². The number of sulfonamides is 1. The molecule has 0 heterocycles. The number of hydrogen-bond donors (Lipinski definition) is 1. The molecule has 3 aromatic rings. The molecule has 0 spiro atoms. The van der Waals surface area contributed by atoms with Crippen LogP contribution >= 0.6 is 0 Å². The first kappa shape index (κ1) is 31.6. The van der Waals surface area contributed by atoms with E-state index >= 15 is 0 Å². The minimum Gasteiger partial charge on any atom is -0.494 e. The Labute approximate surface area is 242 Å². The fourth-order valence-corrected chi connectivity index (χ4v) is 5.69. The van der Waals surface area contributed by atoms with Gasteiger partial charge in [0.05, 0.1) is 17.2 Å². The Morgan fingerprint density at radius 3 is 2.12 bits per heavy atom. The molecule has 1 unspecified atom stereocenters. The van der Waals surface area contributed by atoms with Crippen molar-refractivity contribution in [2.24, 2.45) is 5.92 Å². The van der Waals surface area contributed by atoms with Gasteiger partial charge >= 0.3 is 0 Å². The summed E-state index contributed by atoms with van der Waals surface area (Å²) in [4.78, 5) is 28.6. The van der Waals surface area contributed by atoms with Gasteiger partial charge in [-0.25, -0.2) is 12.8 Å². The van der Waals surface area contributed by atoms with Crippen LogP contribution in [0.25, 0.3) is 0 Å². The fraction of sp³-hybridized carbons (Fsp3) is 0.355. The number of carbonyl (C=O) groups is 2. The van der Waals surface area contributed by atoms with E-state index < -0.39 is 34.3 Å². The minimum absolute atomic E-state index is 0.00474. The Hall–Kier alpha value is -3.92. The van der Waals surface area contributed by atoms with Gasteiger partial charge in [-0.2, -0.15) is 0 Å². The summed E-state index contributed by atoms with van der Waals surface area (Å²) >= 11 is 0. The average Bonchev–Trinajstić information content (AvgIpc) is 2.96. The predicted octanol–water partition coefficient (Wildman–Crippen LogP) is 5.00. The Kier molecular flexibility index (Phi) is 11.3. The van der Waals surface area contributed by atoms with Gasteiger partial charge in [-0.15, -0.1) is 0 Å². The van der Waals surface area contributed by atoms with Gasteiger partial charge in [0.25, 0.3) is 10.0 Å². The molecule has 0 saturated carbocycles. The van der Waals surface area contributed by atoms with Crippen LogP contribution in [-0.2, 0) is 26.2 Å². The maximum atomic E-state index is 14.0. The summed E-state index contributed by atoms with van der Waals surface area (Å²) in [7, 11) is -4.17. The van der Waals surface area contributed by atoms with Crippen molar-refractivity contribution in [1.82, 2.24) is 10.2 Å². The third-order valence-electron chi connectivity index (χ3n) is 6.38. The van der Waals surface area contributed by atoms with Crippen LogP contribution in [0.5, 0.6) is 5.75 Å². The van der Waals surface area contributed by atoms with Gasteiger partial charge in [-0.1, -0.05) is 51.1 Å². The molecule has 3 aromatic carbocycles. The highest BCUT2D eigenvalue weighted by atomic mass is 32.2. The van der Waals surface area contributed by atoms with Crippen LogP contribution in [0.1, 0.15) is 39.7 Å². The van der Waals surface area contributed by atoms with E-state index in [1.165, 1.54) is 29.2 Å². The maximum Gasteiger partial charge on any atom is 0.264 e. The topological polar surface area (TPSA) is 96.0 Å². The predicted molar refractivity (Wildman–Crippen MR) is 157 cm³/mol. The lowest BCUT2D eigenvalue weighted by Crippen LogP contribution is -2.52. The van der Waals surface area contributed by atoms with Crippen LogP contribution in [0, 0.1) is 11.7 Å². The molecule has 0 aliphatic carbocycles. The van der Waals surface area contributed by atoms with Crippen LogP contribution in [0.4, 0.5) is 10.1 Å². The summed E-state index contributed by atoms with van der Waals surface area (Å²) in [5.74, 6) is -0.581. The summed E-state index contributed by atoms with van der Waals surface area (Å²) in [5, 5.41) is 2.88. The number of amides is 2. The monoisotopic (exact) mass is 583 g/mol. The van der Waals surface area contributed by atoms with E-state index in [1.807, 2.05) is 20.8 Å². The first-order valence-corrected chi connectivity index (χ1v) is 15.1. The van der Waals surface area contributed by atoms with Crippen molar-refractivity contribution in [1.29, 1.82) is 0 Å². The van der Waals surface area contributed by atoms with Crippen LogP contribution in [0.2, 0.25) is 0 Å². The molecule has 0 radical (unpaired) electrons. The lowest BCUT2D eigenvalue weighted by molar-refractivity contribution is -0.140. The van der Waals surface area contributed by atoms with Crippen LogP contribution in [0.15, 0.2) is 83.8 Å². The Balaban J connectivity index is 2.03. The lowest BCUT2D eigenvalue weighted by atomic mass is 10.1. The van der Waals surface area contributed by atoms with Crippen molar-refractivity contribution in [3.05, 3.63) is 90.2 Å². The second kappa shape index (κ2) is 14.6. The number of halogens is 1. The second-order valence-corrected chi connectivity index (χ2v) is 11.8. The summed E-state index contributed by atoms with van der Waals surface area (Å²) < 4.78 is 47.9. The first-order valence-electron chi connectivity index (χ1n) is 13.7. The Morgan fingerprint density at radius 2 is 1.56 bits per heavy atom. The molecule has 0 aliphatic heterocycles. The summed E-state index contributed by atoms with van der Waals surface area (Å²) in [5.41, 5.74) is 0.873. The average molecular weight is 584 g/mol. The van der Waals surface area contributed by atoms with E-state index in [4.69, 9.17) is 4.74 Å². The van der Waals surface area contributed by atoms with E-state index in [0.29, 0.717) is 30.9 Å². The van der Waals surface area contributed by atoms with Gasteiger partial charge in [-0.05, 0) is 73.4 Å². The van der Waals surface area contributed by atoms with E-state index in [9.17, 15) is 22.4 Å². The molecule has 0 aromatic heterocycles. The Bertz CT molecular complexity index is 1380. The highest BCUT2D eigenvalue weighted by Gasteiger charge is 2.33. The van der Waals surface area contributed by atoms with Crippen molar-refractivity contribution in [2.75, 3.05) is 24.0 Å². The molecule has 2 amide bonds. The highest BCUT2D eigenvalue weighted by Crippen LogP contribution is 2.27. The molecule has 1 N–H and O–H groups in total. The van der Waals surface area contributed by atoms with Crippen molar-refractivity contribution in [3.8, 4) is 5.75 Å². The van der Waals surface area contributed by atoms with Gasteiger partial charge in [-0.3, -0.25) is 13.9 Å². The van der Waals surface area contributed by atoms with E-state index in [1.54, 1.807) is 61.5 Å². The third-order valence-corrected chi connectivity index (χ3v) is 8.17. The Morgan fingerprint density at radius 1 is 0.927 bits per heavy atom. The summed E-state index contributed by atoms with van der Waals surface area (Å²) in [6.45, 7) is 7.87. The van der Waals surface area contributed by atoms with E-state index in [2.05, 4.69) is 5.32 Å². The zero-order valence-corrected chi connectivity index (χ0v) is 24.7. The maximum absolute atomic E-state index is 14.0. The molecule has 0 bridgehead atoms. The normalized spacial score (nSPS) is 12.0. The number of rotatable bonds is 14. The van der Waals surface area contributed by atoms with Gasteiger partial charge in [0, 0.05) is 13.1 Å². The molecule has 0 saturated heterocycles. The van der Waals surface area contributed by atoms with E-state index in [-0.39, 0.29) is 29.0 Å². The third kappa shape index (κ3) is 8.53. The molecule has 8 nitrogen and oxygen atoms in total. The zero-order valence-electron chi connectivity index (χ0n) is 23.9. The van der Waals surface area contributed by atoms with Crippen LogP contribution in [-0.4, -0.2) is 50.9 Å². The SMILES string of the molecule is CCOc1ccc(N(CC(=O)N(Cc2ccc(F)cc2)C(CC)C(=O)NCC(C)C)S(=O)(=O)c2ccccc2)cc1. The smallest absolute Gasteiger partial charge is 0.264 e. The second-order valence-electron chi connectivity index (χ2n) is 9.96. The van der Waals surface area contributed by atoms with Crippen LogP contribution in [0.3, 0.4) is 0 Å². The molecule has 1 atom stereocenters. The van der Waals surface area contributed by atoms with Gasteiger partial charge in [0.2, 0.25) is 11.8 Å². The number of ether oxygens (including phenoxy) is 1. The van der Waals surface area contributed by atoms with Crippen molar-refractivity contribution < 1.29 is 27.1 Å². The molecular formula is C31H38FN3O5S. The van der Waals surface area contributed by atoms with Gasteiger partial charge in [0.15, 0.2) is 0 Å². The molecule has 220 valence electrons.